The SMILES string of the molecule is C[N@+]1(CC2CC2)CC[C@]23c4c5ccc(O)c4O[C@H]2C(=O)C(O)C[C@@]3(O)[C@@]1(O)C5. The first-order valence-electron chi connectivity index (χ1n) is 10.2. The van der Waals surface area contributed by atoms with Gasteiger partial charge in [0.2, 0.25) is 11.5 Å². The van der Waals surface area contributed by atoms with E-state index in [0.717, 1.165) is 24.9 Å². The van der Waals surface area contributed by atoms with Gasteiger partial charge in [0.05, 0.1) is 32.0 Å². The summed E-state index contributed by atoms with van der Waals surface area (Å²) in [5, 5.41) is 45.3. The largest absolute Gasteiger partial charge is 0.504 e. The third kappa shape index (κ3) is 1.59. The molecule has 1 saturated heterocycles. The van der Waals surface area contributed by atoms with Crippen molar-refractivity contribution in [1.29, 1.82) is 0 Å². The molecule has 6 atom stereocenters. The second kappa shape index (κ2) is 4.73. The molecular formula is C21H26NO6+. The van der Waals surface area contributed by atoms with Crippen LogP contribution in [0.2, 0.25) is 0 Å². The molecule has 5 aliphatic rings. The molecule has 1 spiro atoms. The van der Waals surface area contributed by atoms with Crippen LogP contribution in [0.4, 0.5) is 0 Å². The average Bonchev–Trinajstić information content (AvgIpc) is 3.36. The van der Waals surface area contributed by atoms with Gasteiger partial charge in [-0.15, -0.1) is 0 Å². The number of aliphatic hydroxyl groups excluding tert-OH is 1. The second-order valence-electron chi connectivity index (χ2n) is 9.89. The van der Waals surface area contributed by atoms with Crippen LogP contribution in [0.3, 0.4) is 0 Å². The molecule has 2 bridgehead atoms. The number of benzene rings is 1. The predicted octanol–water partition coefficient (Wildman–Crippen LogP) is -0.0392. The fourth-order valence-electron chi connectivity index (χ4n) is 6.93. The lowest BCUT2D eigenvalue weighted by molar-refractivity contribution is -1.00. The number of phenols is 1. The molecule has 0 aromatic heterocycles. The van der Waals surface area contributed by atoms with Gasteiger partial charge in [-0.1, -0.05) is 6.07 Å². The zero-order valence-corrected chi connectivity index (χ0v) is 15.9. The van der Waals surface area contributed by atoms with Crippen LogP contribution in [0.5, 0.6) is 11.5 Å². The molecule has 1 unspecified atom stereocenters. The van der Waals surface area contributed by atoms with E-state index in [1.807, 2.05) is 7.05 Å². The first kappa shape index (κ1) is 17.2. The molecular weight excluding hydrogens is 362 g/mol. The Hall–Kier alpha value is -1.67. The molecule has 7 nitrogen and oxygen atoms in total. The van der Waals surface area contributed by atoms with Crippen LogP contribution < -0.4 is 4.74 Å². The molecule has 7 heteroatoms. The number of phenolic OH excluding ortho intramolecular Hbond substituents is 1. The number of hydrogen-bond donors (Lipinski definition) is 4. The summed E-state index contributed by atoms with van der Waals surface area (Å²) in [6.07, 6.45) is 0.222. The highest BCUT2D eigenvalue weighted by molar-refractivity contribution is 5.93. The monoisotopic (exact) mass is 388 g/mol. The number of rotatable bonds is 2. The number of aliphatic hydroxyl groups is 3. The van der Waals surface area contributed by atoms with Gasteiger partial charge in [0.15, 0.2) is 23.2 Å². The molecule has 3 fully saturated rings. The molecule has 2 saturated carbocycles. The van der Waals surface area contributed by atoms with E-state index in [0.29, 0.717) is 28.9 Å². The van der Waals surface area contributed by atoms with Crippen molar-refractivity contribution in [1.82, 2.24) is 0 Å². The van der Waals surface area contributed by atoms with Crippen LogP contribution in [-0.2, 0) is 16.6 Å². The maximum atomic E-state index is 12.9. The van der Waals surface area contributed by atoms with E-state index in [4.69, 9.17) is 4.74 Å². The van der Waals surface area contributed by atoms with E-state index < -0.39 is 34.7 Å². The van der Waals surface area contributed by atoms with Gasteiger partial charge >= 0.3 is 0 Å². The van der Waals surface area contributed by atoms with Gasteiger partial charge in [-0.2, -0.15) is 0 Å². The molecule has 2 aliphatic heterocycles. The van der Waals surface area contributed by atoms with Crippen molar-refractivity contribution in [3.8, 4) is 11.5 Å². The minimum Gasteiger partial charge on any atom is -0.504 e. The number of likely N-dealkylation sites (tertiary alicyclic amines) is 1. The Kier molecular flexibility index (Phi) is 2.90. The van der Waals surface area contributed by atoms with Gasteiger partial charge in [-0.25, -0.2) is 0 Å². The zero-order chi connectivity index (χ0) is 19.7. The Labute approximate surface area is 162 Å². The maximum Gasteiger partial charge on any atom is 0.235 e. The van der Waals surface area contributed by atoms with Crippen molar-refractivity contribution in [2.24, 2.45) is 5.92 Å². The molecule has 0 amide bonds. The number of nitrogens with zero attached hydrogens (tertiary/aromatic N) is 1. The summed E-state index contributed by atoms with van der Waals surface area (Å²) in [7, 11) is 1.99. The number of likely N-dealkylation sites (N-methyl/N-ethyl adjacent to an activating group) is 1. The minimum absolute atomic E-state index is 0.0709. The summed E-state index contributed by atoms with van der Waals surface area (Å²) in [6, 6.07) is 3.30. The number of quaternary nitrogens is 1. The molecule has 4 N–H and O–H groups in total. The lowest BCUT2D eigenvalue weighted by Gasteiger charge is -2.68. The summed E-state index contributed by atoms with van der Waals surface area (Å²) >= 11 is 0. The molecule has 28 heavy (non-hydrogen) atoms. The van der Waals surface area contributed by atoms with Crippen molar-refractivity contribution in [3.05, 3.63) is 23.3 Å². The van der Waals surface area contributed by atoms with Crippen LogP contribution in [0.25, 0.3) is 0 Å². The number of Topliss-reactive ketones (excluding diaryl/α,β-unsaturated/α-hetero) is 1. The average molecular weight is 388 g/mol. The third-order valence-electron chi connectivity index (χ3n) is 8.52. The summed E-state index contributed by atoms with van der Waals surface area (Å²) in [5.41, 5.74) is -2.93. The molecule has 2 heterocycles. The summed E-state index contributed by atoms with van der Waals surface area (Å²) in [6.45, 7) is 1.37. The van der Waals surface area contributed by atoms with Crippen molar-refractivity contribution in [2.75, 3.05) is 20.1 Å². The first-order chi connectivity index (χ1) is 13.2. The van der Waals surface area contributed by atoms with E-state index >= 15 is 0 Å². The van der Waals surface area contributed by atoms with Crippen LogP contribution in [0, 0.1) is 5.92 Å². The van der Waals surface area contributed by atoms with Crippen LogP contribution >= 0.6 is 0 Å². The quantitative estimate of drug-likeness (QED) is 0.530. The Morgan fingerprint density at radius 3 is 2.75 bits per heavy atom. The highest BCUT2D eigenvalue weighted by Crippen LogP contribution is 2.68. The maximum absolute atomic E-state index is 12.9. The Bertz CT molecular complexity index is 930. The normalized spacial score (nSPS) is 48.2. The lowest BCUT2D eigenvalue weighted by atomic mass is 9.46. The number of ketones is 1. The van der Waals surface area contributed by atoms with E-state index in [1.54, 1.807) is 6.07 Å². The molecule has 1 aromatic rings. The van der Waals surface area contributed by atoms with Crippen molar-refractivity contribution in [2.45, 2.75) is 61.1 Å². The van der Waals surface area contributed by atoms with E-state index in [2.05, 4.69) is 0 Å². The van der Waals surface area contributed by atoms with Crippen LogP contribution in [-0.4, -0.2) is 74.4 Å². The predicted molar refractivity (Wildman–Crippen MR) is 96.7 cm³/mol. The number of piperidine rings is 1. The Balaban J connectivity index is 1.65. The highest BCUT2D eigenvalue weighted by Gasteiger charge is 2.83. The van der Waals surface area contributed by atoms with E-state index in [-0.39, 0.29) is 24.3 Å². The molecule has 3 aliphatic carbocycles. The fourth-order valence-corrected chi connectivity index (χ4v) is 6.93. The standard InChI is InChI=1S/C21H25NO6/c1-22(10-11-2-3-11)7-6-19-15-12-4-5-13(23)17(15)28-18(19)16(25)14(24)9-20(19,26)21(22,27)8-12/h4-5,11,14,18,24,26-27H,2-3,6-10H2,1H3/p+1/t14?,18-,19-,20-,21-,22+/m0/s1. The van der Waals surface area contributed by atoms with Crippen LogP contribution in [0.15, 0.2) is 12.1 Å². The van der Waals surface area contributed by atoms with Gasteiger partial charge in [0.1, 0.15) is 6.10 Å². The number of ether oxygens (including phenoxy) is 1. The fraction of sp³-hybridized carbons (Fsp3) is 0.667. The molecule has 1 aromatic carbocycles. The van der Waals surface area contributed by atoms with Gasteiger partial charge in [0, 0.05) is 24.3 Å². The number of hydrogen-bond acceptors (Lipinski definition) is 6. The number of carbonyl (C=O) groups is 1. The van der Waals surface area contributed by atoms with Gasteiger partial charge < -0.3 is 25.2 Å². The van der Waals surface area contributed by atoms with Crippen LogP contribution in [0.1, 0.15) is 36.8 Å². The van der Waals surface area contributed by atoms with Crippen molar-refractivity contribution < 1.29 is 34.4 Å². The van der Waals surface area contributed by atoms with E-state index in [9.17, 15) is 25.2 Å². The molecule has 6 rings (SSSR count). The Morgan fingerprint density at radius 2 is 2.04 bits per heavy atom. The van der Waals surface area contributed by atoms with Crippen molar-refractivity contribution >= 4 is 5.78 Å². The summed E-state index contributed by atoms with van der Waals surface area (Å²) in [4.78, 5) is 12.9. The topological polar surface area (TPSA) is 107 Å². The summed E-state index contributed by atoms with van der Waals surface area (Å²) in [5.74, 6) is 0.213. The van der Waals surface area contributed by atoms with Gasteiger partial charge in [-0.3, -0.25) is 9.28 Å². The smallest absolute Gasteiger partial charge is 0.235 e. The highest BCUT2D eigenvalue weighted by atomic mass is 16.5. The van der Waals surface area contributed by atoms with Gasteiger partial charge in [-0.05, 0) is 24.5 Å². The summed E-state index contributed by atoms with van der Waals surface area (Å²) < 4.78 is 6.23. The van der Waals surface area contributed by atoms with E-state index in [1.165, 1.54) is 6.07 Å². The number of carbonyl (C=O) groups excluding carboxylic acids is 1. The minimum atomic E-state index is -1.72. The molecule has 150 valence electrons. The Morgan fingerprint density at radius 1 is 1.29 bits per heavy atom. The zero-order valence-electron chi connectivity index (χ0n) is 15.9. The third-order valence-corrected chi connectivity index (χ3v) is 8.52. The first-order valence-corrected chi connectivity index (χ1v) is 10.2. The number of aromatic hydroxyl groups is 1. The second-order valence-corrected chi connectivity index (χ2v) is 9.89. The molecule has 0 radical (unpaired) electrons. The van der Waals surface area contributed by atoms with Crippen molar-refractivity contribution in [3.63, 3.8) is 0 Å². The van der Waals surface area contributed by atoms with Gasteiger partial charge in [0.25, 0.3) is 0 Å². The lowest BCUT2D eigenvalue weighted by Crippen LogP contribution is -2.88.